The highest BCUT2D eigenvalue weighted by atomic mass is 19.4. The van der Waals surface area contributed by atoms with Crippen molar-refractivity contribution >= 4 is 11.9 Å². The molecule has 2 N–H and O–H groups in total. The van der Waals surface area contributed by atoms with E-state index in [2.05, 4.69) is 15.4 Å². The first kappa shape index (κ1) is 19.0. The summed E-state index contributed by atoms with van der Waals surface area (Å²) in [5, 5.41) is 4.52. The third-order valence-electron chi connectivity index (χ3n) is 3.06. The number of esters is 1. The minimum Gasteiger partial charge on any atom is -0.467 e. The lowest BCUT2D eigenvalue weighted by molar-refractivity contribution is -0.145. The lowest BCUT2D eigenvalue weighted by Gasteiger charge is -2.21. The number of alkyl halides is 3. The van der Waals surface area contributed by atoms with E-state index < -0.39 is 36.7 Å². The maximum atomic E-state index is 12.4. The van der Waals surface area contributed by atoms with Gasteiger partial charge in [0.1, 0.15) is 6.04 Å². The van der Waals surface area contributed by atoms with Crippen LogP contribution in [0.3, 0.4) is 0 Å². The highest BCUT2D eigenvalue weighted by molar-refractivity contribution is 5.87. The van der Waals surface area contributed by atoms with E-state index in [1.807, 2.05) is 0 Å². The largest absolute Gasteiger partial charge is 0.467 e. The Labute approximate surface area is 132 Å². The van der Waals surface area contributed by atoms with Crippen molar-refractivity contribution < 1.29 is 27.5 Å². The Morgan fingerprint density at radius 1 is 1.22 bits per heavy atom. The molecule has 0 aromatic heterocycles. The Morgan fingerprint density at radius 3 is 2.35 bits per heavy atom. The standard InChI is InChI=1S/C15H19F3N2O3/c1-10(14(22)23-2)20-13(21)12(19-9-15(16,17)18)8-11-6-4-3-5-7-11/h3-7,10,12,19H,8-9H2,1-2H3,(H,20,21)/t10?,12-/m0/s1. The predicted octanol–water partition coefficient (Wildman–Crippen LogP) is 1.43. The second kappa shape index (κ2) is 8.52. The fourth-order valence-corrected chi connectivity index (χ4v) is 1.90. The van der Waals surface area contributed by atoms with Crippen molar-refractivity contribution in [2.75, 3.05) is 13.7 Å². The summed E-state index contributed by atoms with van der Waals surface area (Å²) < 4.78 is 41.7. The number of methoxy groups -OCH3 is 1. The van der Waals surface area contributed by atoms with E-state index in [1.165, 1.54) is 6.92 Å². The van der Waals surface area contributed by atoms with Crippen LogP contribution < -0.4 is 10.6 Å². The van der Waals surface area contributed by atoms with E-state index >= 15 is 0 Å². The van der Waals surface area contributed by atoms with E-state index in [4.69, 9.17) is 0 Å². The summed E-state index contributed by atoms with van der Waals surface area (Å²) in [6.45, 7) is 0.0948. The molecular formula is C15H19F3N2O3. The Morgan fingerprint density at radius 2 is 1.83 bits per heavy atom. The minimum atomic E-state index is -4.44. The molecule has 1 aromatic rings. The molecule has 0 radical (unpaired) electrons. The molecule has 1 unspecified atom stereocenters. The van der Waals surface area contributed by atoms with Gasteiger partial charge in [0.25, 0.3) is 0 Å². The van der Waals surface area contributed by atoms with Gasteiger partial charge in [0.2, 0.25) is 5.91 Å². The highest BCUT2D eigenvalue weighted by Crippen LogP contribution is 2.13. The zero-order valence-electron chi connectivity index (χ0n) is 12.8. The monoisotopic (exact) mass is 332 g/mol. The van der Waals surface area contributed by atoms with Crippen LogP contribution in [0.2, 0.25) is 0 Å². The number of carbonyl (C=O) groups excluding carboxylic acids is 2. The van der Waals surface area contributed by atoms with Crippen LogP contribution >= 0.6 is 0 Å². The summed E-state index contributed by atoms with van der Waals surface area (Å²) in [7, 11) is 1.16. The summed E-state index contributed by atoms with van der Waals surface area (Å²) in [5.41, 5.74) is 0.702. The fraction of sp³-hybridized carbons (Fsp3) is 0.467. The average Bonchev–Trinajstić information content (AvgIpc) is 2.50. The molecule has 23 heavy (non-hydrogen) atoms. The van der Waals surface area contributed by atoms with Crippen molar-refractivity contribution in [3.63, 3.8) is 0 Å². The zero-order chi connectivity index (χ0) is 17.5. The van der Waals surface area contributed by atoms with Crippen LogP contribution in [-0.2, 0) is 20.7 Å². The van der Waals surface area contributed by atoms with E-state index in [0.29, 0.717) is 5.56 Å². The van der Waals surface area contributed by atoms with Crippen LogP contribution in [0.25, 0.3) is 0 Å². The number of rotatable bonds is 7. The van der Waals surface area contributed by atoms with Crippen LogP contribution in [0.4, 0.5) is 13.2 Å². The number of carbonyl (C=O) groups is 2. The van der Waals surface area contributed by atoms with Crippen molar-refractivity contribution in [1.29, 1.82) is 0 Å². The van der Waals surface area contributed by atoms with Crippen molar-refractivity contribution in [3.8, 4) is 0 Å². The van der Waals surface area contributed by atoms with Crippen molar-refractivity contribution in [1.82, 2.24) is 10.6 Å². The summed E-state index contributed by atoms with van der Waals surface area (Å²) in [4.78, 5) is 23.5. The summed E-state index contributed by atoms with van der Waals surface area (Å²) >= 11 is 0. The molecule has 5 nitrogen and oxygen atoms in total. The lowest BCUT2D eigenvalue weighted by Crippen LogP contribution is -2.52. The first-order valence-corrected chi connectivity index (χ1v) is 6.95. The number of hydrogen-bond donors (Lipinski definition) is 2. The van der Waals surface area contributed by atoms with Gasteiger partial charge in [-0.15, -0.1) is 0 Å². The molecular weight excluding hydrogens is 313 g/mol. The quantitative estimate of drug-likeness (QED) is 0.741. The number of benzene rings is 1. The average molecular weight is 332 g/mol. The van der Waals surface area contributed by atoms with Crippen LogP contribution in [0.15, 0.2) is 30.3 Å². The van der Waals surface area contributed by atoms with Gasteiger partial charge in [-0.2, -0.15) is 13.2 Å². The Kier molecular flexibility index (Phi) is 7.02. The van der Waals surface area contributed by atoms with Gasteiger partial charge in [-0.3, -0.25) is 10.1 Å². The van der Waals surface area contributed by atoms with Crippen LogP contribution in [0.1, 0.15) is 12.5 Å². The maximum Gasteiger partial charge on any atom is 0.401 e. The number of ether oxygens (including phenoxy) is 1. The molecule has 0 aliphatic heterocycles. The third kappa shape index (κ3) is 7.14. The molecule has 0 saturated heterocycles. The SMILES string of the molecule is COC(=O)C(C)NC(=O)[C@H](Cc1ccccc1)NCC(F)(F)F. The van der Waals surface area contributed by atoms with Gasteiger partial charge in [0.05, 0.1) is 19.7 Å². The van der Waals surface area contributed by atoms with Gasteiger partial charge in [-0.25, -0.2) is 4.79 Å². The molecule has 0 aliphatic carbocycles. The summed E-state index contributed by atoms with van der Waals surface area (Å²) in [6.07, 6.45) is -4.38. The molecule has 128 valence electrons. The van der Waals surface area contributed by atoms with Gasteiger partial charge in [-0.05, 0) is 18.9 Å². The van der Waals surface area contributed by atoms with Gasteiger partial charge in [-0.1, -0.05) is 30.3 Å². The molecule has 0 fully saturated rings. The zero-order valence-corrected chi connectivity index (χ0v) is 12.8. The van der Waals surface area contributed by atoms with Crippen molar-refractivity contribution in [3.05, 3.63) is 35.9 Å². The van der Waals surface area contributed by atoms with Crippen LogP contribution in [0.5, 0.6) is 0 Å². The number of amides is 1. The molecule has 8 heteroatoms. The molecule has 1 amide bonds. The van der Waals surface area contributed by atoms with Crippen molar-refractivity contribution in [2.45, 2.75) is 31.6 Å². The van der Waals surface area contributed by atoms with Gasteiger partial charge >= 0.3 is 12.1 Å². The molecule has 1 aromatic carbocycles. The van der Waals surface area contributed by atoms with Gasteiger partial charge < -0.3 is 10.1 Å². The molecule has 0 bridgehead atoms. The maximum absolute atomic E-state index is 12.4. The first-order valence-electron chi connectivity index (χ1n) is 6.95. The van der Waals surface area contributed by atoms with E-state index in [0.717, 1.165) is 7.11 Å². The third-order valence-corrected chi connectivity index (χ3v) is 3.06. The Balaban J connectivity index is 2.77. The molecule has 2 atom stereocenters. The van der Waals surface area contributed by atoms with Crippen LogP contribution in [-0.4, -0.2) is 43.8 Å². The minimum absolute atomic E-state index is 0.0661. The van der Waals surface area contributed by atoms with Gasteiger partial charge in [0, 0.05) is 0 Å². The van der Waals surface area contributed by atoms with Gasteiger partial charge in [0.15, 0.2) is 0 Å². The van der Waals surface area contributed by atoms with E-state index in [9.17, 15) is 22.8 Å². The highest BCUT2D eigenvalue weighted by Gasteiger charge is 2.31. The van der Waals surface area contributed by atoms with E-state index in [-0.39, 0.29) is 6.42 Å². The second-order valence-electron chi connectivity index (χ2n) is 4.99. The fourth-order valence-electron chi connectivity index (χ4n) is 1.90. The Bertz CT molecular complexity index is 520. The summed E-state index contributed by atoms with van der Waals surface area (Å²) in [6, 6.07) is 6.57. The Hall–Kier alpha value is -2.09. The molecule has 0 aliphatic rings. The number of halogens is 3. The topological polar surface area (TPSA) is 67.4 Å². The summed E-state index contributed by atoms with van der Waals surface area (Å²) in [5.74, 6) is -1.37. The van der Waals surface area contributed by atoms with Crippen LogP contribution in [0, 0.1) is 0 Å². The smallest absolute Gasteiger partial charge is 0.401 e. The van der Waals surface area contributed by atoms with E-state index in [1.54, 1.807) is 30.3 Å². The second-order valence-corrected chi connectivity index (χ2v) is 4.99. The molecule has 0 spiro atoms. The molecule has 1 rings (SSSR count). The lowest BCUT2D eigenvalue weighted by atomic mass is 10.0. The normalized spacial score (nSPS) is 14.0. The molecule has 0 heterocycles. The van der Waals surface area contributed by atoms with Crippen molar-refractivity contribution in [2.24, 2.45) is 0 Å². The number of nitrogens with one attached hydrogen (secondary N) is 2. The number of hydrogen-bond acceptors (Lipinski definition) is 4. The molecule has 0 saturated carbocycles. The predicted molar refractivity (Wildman–Crippen MR) is 77.6 cm³/mol. The first-order chi connectivity index (χ1) is 10.7.